The van der Waals surface area contributed by atoms with Gasteiger partial charge in [0.25, 0.3) is 0 Å². The van der Waals surface area contributed by atoms with Gasteiger partial charge < -0.3 is 5.73 Å². The number of aryl methyl sites for hydroxylation is 1. The molecular formula is C19H24N2. The first kappa shape index (κ1) is 13.1. The summed E-state index contributed by atoms with van der Waals surface area (Å²) in [4.78, 5) is 4.88. The molecule has 0 unspecified atom stereocenters. The van der Waals surface area contributed by atoms with E-state index in [1.807, 2.05) is 0 Å². The summed E-state index contributed by atoms with van der Waals surface area (Å²) in [7, 11) is 0. The summed E-state index contributed by atoms with van der Waals surface area (Å²) in [6.07, 6.45) is 11.5. The molecule has 0 bridgehead atoms. The third-order valence-electron chi connectivity index (χ3n) is 5.41. The molecule has 0 aliphatic heterocycles. The zero-order valence-corrected chi connectivity index (χ0v) is 12.7. The molecule has 4 rings (SSSR count). The second-order valence-corrected chi connectivity index (χ2v) is 6.77. The molecule has 1 saturated carbocycles. The van der Waals surface area contributed by atoms with Crippen LogP contribution < -0.4 is 5.73 Å². The van der Waals surface area contributed by atoms with Crippen LogP contribution >= 0.6 is 0 Å². The van der Waals surface area contributed by atoms with Crippen LogP contribution in [0.3, 0.4) is 0 Å². The summed E-state index contributed by atoms with van der Waals surface area (Å²) in [5, 5.41) is 1.19. The van der Waals surface area contributed by atoms with Crippen LogP contribution in [0.1, 0.15) is 67.7 Å². The van der Waals surface area contributed by atoms with Crippen LogP contribution in [-0.2, 0) is 12.8 Å². The molecule has 0 radical (unpaired) electrons. The number of fused-ring (bicyclic) bond motifs is 2. The third kappa shape index (κ3) is 2.31. The van der Waals surface area contributed by atoms with Gasteiger partial charge in [-0.2, -0.15) is 0 Å². The SMILES string of the molecule is Nc1c2c(nc3ccc(C4CCCCC4)cc13)CCCC2. The quantitative estimate of drug-likeness (QED) is 0.819. The number of hydrogen-bond acceptors (Lipinski definition) is 2. The highest BCUT2D eigenvalue weighted by Gasteiger charge is 2.19. The number of rotatable bonds is 1. The van der Waals surface area contributed by atoms with Crippen molar-refractivity contribution in [1.29, 1.82) is 0 Å². The lowest BCUT2D eigenvalue weighted by Crippen LogP contribution is -2.10. The molecule has 2 N–H and O–H groups in total. The van der Waals surface area contributed by atoms with E-state index in [1.165, 1.54) is 67.2 Å². The molecule has 21 heavy (non-hydrogen) atoms. The van der Waals surface area contributed by atoms with Crippen molar-refractivity contribution in [3.63, 3.8) is 0 Å². The van der Waals surface area contributed by atoms with Gasteiger partial charge in [-0.1, -0.05) is 25.3 Å². The maximum Gasteiger partial charge on any atom is 0.0726 e. The fraction of sp³-hybridized carbons (Fsp3) is 0.526. The van der Waals surface area contributed by atoms with E-state index in [0.717, 1.165) is 30.0 Å². The molecule has 1 heterocycles. The van der Waals surface area contributed by atoms with Crippen LogP contribution in [0.5, 0.6) is 0 Å². The summed E-state index contributed by atoms with van der Waals surface area (Å²) in [6.45, 7) is 0. The monoisotopic (exact) mass is 280 g/mol. The van der Waals surface area contributed by atoms with Gasteiger partial charge >= 0.3 is 0 Å². The summed E-state index contributed by atoms with van der Waals surface area (Å²) < 4.78 is 0. The average Bonchev–Trinajstić information content (AvgIpc) is 2.56. The summed E-state index contributed by atoms with van der Waals surface area (Å²) in [5.74, 6) is 0.735. The van der Waals surface area contributed by atoms with E-state index in [0.29, 0.717) is 0 Å². The first-order chi connectivity index (χ1) is 10.3. The van der Waals surface area contributed by atoms with Gasteiger partial charge in [-0.15, -0.1) is 0 Å². The molecule has 2 aliphatic carbocycles. The fourth-order valence-electron chi connectivity index (χ4n) is 4.17. The third-order valence-corrected chi connectivity index (χ3v) is 5.41. The molecule has 2 nitrogen and oxygen atoms in total. The van der Waals surface area contributed by atoms with E-state index in [9.17, 15) is 0 Å². The van der Waals surface area contributed by atoms with Gasteiger partial charge in [0, 0.05) is 16.8 Å². The number of aromatic nitrogens is 1. The van der Waals surface area contributed by atoms with Crippen molar-refractivity contribution in [2.45, 2.75) is 63.7 Å². The number of hydrogen-bond donors (Lipinski definition) is 1. The first-order valence-electron chi connectivity index (χ1n) is 8.54. The van der Waals surface area contributed by atoms with Gasteiger partial charge in [-0.05, 0) is 67.7 Å². The van der Waals surface area contributed by atoms with Crippen molar-refractivity contribution < 1.29 is 0 Å². The number of nitrogens with zero attached hydrogens (tertiary/aromatic N) is 1. The fourth-order valence-corrected chi connectivity index (χ4v) is 4.17. The standard InChI is InChI=1S/C19H24N2/c20-19-15-8-4-5-9-17(15)21-18-11-10-14(12-16(18)19)13-6-2-1-3-7-13/h10-13H,1-9H2,(H2,20,21). The van der Waals surface area contributed by atoms with E-state index < -0.39 is 0 Å². The number of nitrogen functional groups attached to an aromatic ring is 1. The molecule has 0 amide bonds. The van der Waals surface area contributed by atoms with Gasteiger partial charge in [0.2, 0.25) is 0 Å². The highest BCUT2D eigenvalue weighted by atomic mass is 14.7. The summed E-state index contributed by atoms with van der Waals surface area (Å²) >= 11 is 0. The molecule has 1 fully saturated rings. The van der Waals surface area contributed by atoms with E-state index in [2.05, 4.69) is 18.2 Å². The highest BCUT2D eigenvalue weighted by molar-refractivity contribution is 5.92. The molecule has 110 valence electrons. The van der Waals surface area contributed by atoms with Crippen LogP contribution in [0, 0.1) is 0 Å². The Morgan fingerprint density at radius 3 is 2.62 bits per heavy atom. The molecule has 1 aromatic carbocycles. The van der Waals surface area contributed by atoms with Crippen molar-refractivity contribution in [3.8, 4) is 0 Å². The molecule has 2 aromatic rings. The van der Waals surface area contributed by atoms with Crippen molar-refractivity contribution in [2.75, 3.05) is 5.73 Å². The molecule has 2 heteroatoms. The first-order valence-corrected chi connectivity index (χ1v) is 8.54. The van der Waals surface area contributed by atoms with Crippen LogP contribution in [0.2, 0.25) is 0 Å². The zero-order chi connectivity index (χ0) is 14.2. The van der Waals surface area contributed by atoms with Crippen molar-refractivity contribution >= 4 is 16.6 Å². The molecule has 0 atom stereocenters. The number of anilines is 1. The normalized spacial score (nSPS) is 19.6. The van der Waals surface area contributed by atoms with Crippen LogP contribution in [0.25, 0.3) is 10.9 Å². The lowest BCUT2D eigenvalue weighted by atomic mass is 9.83. The highest BCUT2D eigenvalue weighted by Crippen LogP contribution is 2.36. The molecule has 2 aliphatic rings. The predicted molar refractivity (Wildman–Crippen MR) is 88.6 cm³/mol. The van der Waals surface area contributed by atoms with Gasteiger partial charge in [0.1, 0.15) is 0 Å². The Labute approximate surface area is 126 Å². The lowest BCUT2D eigenvalue weighted by molar-refractivity contribution is 0.444. The summed E-state index contributed by atoms with van der Waals surface area (Å²) in [5.41, 5.74) is 12.6. The Hall–Kier alpha value is -1.57. The van der Waals surface area contributed by atoms with Crippen molar-refractivity contribution in [1.82, 2.24) is 4.98 Å². The van der Waals surface area contributed by atoms with Gasteiger partial charge in [0.05, 0.1) is 5.52 Å². The van der Waals surface area contributed by atoms with Crippen LogP contribution in [0.4, 0.5) is 5.69 Å². The Morgan fingerprint density at radius 1 is 0.952 bits per heavy atom. The summed E-state index contributed by atoms with van der Waals surface area (Å²) in [6, 6.07) is 6.83. The van der Waals surface area contributed by atoms with E-state index >= 15 is 0 Å². The minimum Gasteiger partial charge on any atom is -0.398 e. The predicted octanol–water partition coefficient (Wildman–Crippen LogP) is 4.74. The topological polar surface area (TPSA) is 38.9 Å². The van der Waals surface area contributed by atoms with E-state index in [-0.39, 0.29) is 0 Å². The largest absolute Gasteiger partial charge is 0.398 e. The molecule has 0 spiro atoms. The maximum atomic E-state index is 6.50. The molecule has 1 aromatic heterocycles. The number of nitrogens with two attached hydrogens (primary N) is 1. The lowest BCUT2D eigenvalue weighted by Gasteiger charge is -2.23. The van der Waals surface area contributed by atoms with E-state index in [4.69, 9.17) is 10.7 Å². The Morgan fingerprint density at radius 2 is 1.76 bits per heavy atom. The Kier molecular flexibility index (Phi) is 3.33. The van der Waals surface area contributed by atoms with Crippen molar-refractivity contribution in [2.24, 2.45) is 0 Å². The zero-order valence-electron chi connectivity index (χ0n) is 12.7. The van der Waals surface area contributed by atoms with E-state index in [1.54, 1.807) is 0 Å². The molecule has 0 saturated heterocycles. The second kappa shape index (κ2) is 5.32. The van der Waals surface area contributed by atoms with Gasteiger partial charge in [0.15, 0.2) is 0 Å². The Bertz CT molecular complexity index is 669. The second-order valence-electron chi connectivity index (χ2n) is 6.77. The minimum atomic E-state index is 0.735. The Balaban J connectivity index is 1.81. The smallest absolute Gasteiger partial charge is 0.0726 e. The number of benzene rings is 1. The average molecular weight is 280 g/mol. The van der Waals surface area contributed by atoms with Crippen molar-refractivity contribution in [3.05, 3.63) is 35.0 Å². The van der Waals surface area contributed by atoms with Gasteiger partial charge in [-0.25, -0.2) is 0 Å². The van der Waals surface area contributed by atoms with Gasteiger partial charge in [-0.3, -0.25) is 4.98 Å². The number of pyridine rings is 1. The minimum absolute atomic E-state index is 0.735. The van der Waals surface area contributed by atoms with Crippen LogP contribution in [-0.4, -0.2) is 4.98 Å². The molecular weight excluding hydrogens is 256 g/mol. The maximum absolute atomic E-state index is 6.50. The van der Waals surface area contributed by atoms with Crippen LogP contribution in [0.15, 0.2) is 18.2 Å².